The van der Waals surface area contributed by atoms with Gasteiger partial charge in [0, 0.05) is 6.54 Å². The quantitative estimate of drug-likeness (QED) is 0.625. The van der Waals surface area contributed by atoms with Crippen molar-refractivity contribution < 1.29 is 4.79 Å². The van der Waals surface area contributed by atoms with Crippen LogP contribution in [-0.4, -0.2) is 25.0 Å². The third kappa shape index (κ3) is 6.83. The zero-order valence-electron chi connectivity index (χ0n) is 11.5. The molecule has 0 bridgehead atoms. The van der Waals surface area contributed by atoms with Crippen molar-refractivity contribution in [2.45, 2.75) is 53.5 Å². The Kier molecular flexibility index (Phi) is 8.26. The van der Waals surface area contributed by atoms with Crippen LogP contribution < -0.4 is 10.6 Å². The van der Waals surface area contributed by atoms with Gasteiger partial charge < -0.3 is 10.6 Å². The van der Waals surface area contributed by atoms with Gasteiger partial charge in [-0.05, 0) is 31.7 Å². The van der Waals surface area contributed by atoms with Crippen molar-refractivity contribution in [1.82, 2.24) is 10.6 Å². The van der Waals surface area contributed by atoms with E-state index in [0.29, 0.717) is 11.8 Å². The van der Waals surface area contributed by atoms with E-state index < -0.39 is 0 Å². The van der Waals surface area contributed by atoms with Crippen LogP contribution in [0.3, 0.4) is 0 Å². The lowest BCUT2D eigenvalue weighted by Crippen LogP contribution is -2.44. The van der Waals surface area contributed by atoms with Crippen LogP contribution in [0.1, 0.15) is 47.5 Å². The number of amides is 1. The molecule has 0 saturated heterocycles. The summed E-state index contributed by atoms with van der Waals surface area (Å²) >= 11 is 0. The lowest BCUT2D eigenvalue weighted by molar-refractivity contribution is -0.122. The Bertz CT molecular complexity index is 192. The van der Waals surface area contributed by atoms with Crippen LogP contribution in [0.25, 0.3) is 0 Å². The van der Waals surface area contributed by atoms with E-state index in [9.17, 15) is 4.79 Å². The Balaban J connectivity index is 3.70. The van der Waals surface area contributed by atoms with Gasteiger partial charge in [0.1, 0.15) is 0 Å². The molecule has 16 heavy (non-hydrogen) atoms. The molecule has 0 fully saturated rings. The molecule has 0 aliphatic heterocycles. The zero-order chi connectivity index (χ0) is 12.6. The topological polar surface area (TPSA) is 41.1 Å². The molecule has 0 aliphatic rings. The van der Waals surface area contributed by atoms with Crippen LogP contribution >= 0.6 is 0 Å². The first kappa shape index (κ1) is 15.4. The van der Waals surface area contributed by atoms with Crippen molar-refractivity contribution in [2.75, 3.05) is 13.1 Å². The van der Waals surface area contributed by atoms with Gasteiger partial charge in [-0.2, -0.15) is 0 Å². The third-order valence-corrected chi connectivity index (χ3v) is 3.11. The second-order valence-corrected chi connectivity index (χ2v) is 5.00. The minimum atomic E-state index is -0.0851. The summed E-state index contributed by atoms with van der Waals surface area (Å²) in [5.74, 6) is 1.37. The van der Waals surface area contributed by atoms with Gasteiger partial charge in [0.05, 0.1) is 6.04 Å². The highest BCUT2D eigenvalue weighted by Crippen LogP contribution is 2.07. The molecule has 0 radical (unpaired) electrons. The van der Waals surface area contributed by atoms with Crippen LogP contribution in [-0.2, 0) is 4.79 Å². The summed E-state index contributed by atoms with van der Waals surface area (Å²) in [5.41, 5.74) is 0. The molecule has 2 N–H and O–H groups in total. The molecule has 3 nitrogen and oxygen atoms in total. The monoisotopic (exact) mass is 228 g/mol. The van der Waals surface area contributed by atoms with Gasteiger partial charge in [-0.15, -0.1) is 0 Å². The van der Waals surface area contributed by atoms with Crippen molar-refractivity contribution in [1.29, 1.82) is 0 Å². The maximum atomic E-state index is 11.6. The van der Waals surface area contributed by atoms with Gasteiger partial charge in [-0.25, -0.2) is 0 Å². The Labute approximate surface area is 100 Å². The molecule has 0 rings (SSSR count). The summed E-state index contributed by atoms with van der Waals surface area (Å²) in [5, 5.41) is 6.21. The average molecular weight is 228 g/mol. The number of hydrogen-bond donors (Lipinski definition) is 2. The van der Waals surface area contributed by atoms with Crippen LogP contribution in [0, 0.1) is 11.8 Å². The largest absolute Gasteiger partial charge is 0.355 e. The zero-order valence-corrected chi connectivity index (χ0v) is 11.5. The molecular formula is C13H28N2O. The molecule has 2 unspecified atom stereocenters. The Morgan fingerprint density at radius 1 is 1.19 bits per heavy atom. The smallest absolute Gasteiger partial charge is 0.236 e. The van der Waals surface area contributed by atoms with E-state index in [2.05, 4.69) is 38.3 Å². The first-order valence-electron chi connectivity index (χ1n) is 6.50. The fourth-order valence-electron chi connectivity index (χ4n) is 1.23. The maximum absolute atomic E-state index is 11.6. The summed E-state index contributed by atoms with van der Waals surface area (Å²) in [7, 11) is 0. The van der Waals surface area contributed by atoms with Crippen LogP contribution in [0.15, 0.2) is 0 Å². The van der Waals surface area contributed by atoms with Gasteiger partial charge in [0.15, 0.2) is 0 Å². The van der Waals surface area contributed by atoms with Crippen LogP contribution in [0.4, 0.5) is 0 Å². The van der Waals surface area contributed by atoms with Crippen molar-refractivity contribution in [3.63, 3.8) is 0 Å². The number of unbranched alkanes of at least 4 members (excludes halogenated alkanes) is 1. The molecule has 2 atom stereocenters. The SMILES string of the molecule is CCCCNC(=O)C(C)NCC(C)C(C)C. The summed E-state index contributed by atoms with van der Waals surface area (Å²) in [6.07, 6.45) is 2.17. The number of carbonyl (C=O) groups excluding carboxylic acids is 1. The minimum absolute atomic E-state index is 0.0851. The van der Waals surface area contributed by atoms with Gasteiger partial charge in [0.25, 0.3) is 0 Å². The van der Waals surface area contributed by atoms with Crippen molar-refractivity contribution in [2.24, 2.45) is 11.8 Å². The van der Waals surface area contributed by atoms with E-state index in [1.165, 1.54) is 0 Å². The van der Waals surface area contributed by atoms with Crippen LogP contribution in [0.5, 0.6) is 0 Å². The first-order chi connectivity index (χ1) is 7.49. The van der Waals surface area contributed by atoms with E-state index >= 15 is 0 Å². The van der Waals surface area contributed by atoms with Crippen molar-refractivity contribution >= 4 is 5.91 Å². The molecule has 3 heteroatoms. The van der Waals surface area contributed by atoms with Gasteiger partial charge >= 0.3 is 0 Å². The predicted molar refractivity (Wildman–Crippen MR) is 69.4 cm³/mol. The van der Waals surface area contributed by atoms with E-state index in [1.807, 2.05) is 6.92 Å². The lowest BCUT2D eigenvalue weighted by Gasteiger charge is -2.19. The maximum Gasteiger partial charge on any atom is 0.236 e. The second kappa shape index (κ2) is 8.57. The first-order valence-corrected chi connectivity index (χ1v) is 6.50. The van der Waals surface area contributed by atoms with E-state index in [0.717, 1.165) is 25.9 Å². The second-order valence-electron chi connectivity index (χ2n) is 5.00. The molecule has 0 aromatic rings. The average Bonchev–Trinajstić information content (AvgIpc) is 2.25. The number of hydrogen-bond acceptors (Lipinski definition) is 2. The Morgan fingerprint density at radius 3 is 2.31 bits per heavy atom. The molecule has 0 spiro atoms. The fourth-order valence-corrected chi connectivity index (χ4v) is 1.23. The van der Waals surface area contributed by atoms with Crippen molar-refractivity contribution in [3.8, 4) is 0 Å². The number of carbonyl (C=O) groups is 1. The summed E-state index contributed by atoms with van der Waals surface area (Å²) in [6, 6.07) is -0.0851. The third-order valence-electron chi connectivity index (χ3n) is 3.11. The molecule has 0 aliphatic carbocycles. The number of nitrogens with one attached hydrogen (secondary N) is 2. The highest BCUT2D eigenvalue weighted by molar-refractivity contribution is 5.81. The Morgan fingerprint density at radius 2 is 1.81 bits per heavy atom. The standard InChI is InChI=1S/C13H28N2O/c1-6-7-8-14-13(16)12(5)15-9-11(4)10(2)3/h10-12,15H,6-9H2,1-5H3,(H,14,16). The summed E-state index contributed by atoms with van der Waals surface area (Å²) in [4.78, 5) is 11.6. The van der Waals surface area contributed by atoms with E-state index in [-0.39, 0.29) is 11.9 Å². The molecule has 0 saturated carbocycles. The molecule has 0 aromatic heterocycles. The van der Waals surface area contributed by atoms with Crippen molar-refractivity contribution in [3.05, 3.63) is 0 Å². The van der Waals surface area contributed by atoms with Crippen LogP contribution in [0.2, 0.25) is 0 Å². The molecule has 96 valence electrons. The normalized spacial score (nSPS) is 14.9. The van der Waals surface area contributed by atoms with Gasteiger partial charge in [-0.1, -0.05) is 34.1 Å². The molecule has 0 aromatic carbocycles. The number of rotatable bonds is 8. The molecule has 0 heterocycles. The Hall–Kier alpha value is -0.570. The minimum Gasteiger partial charge on any atom is -0.355 e. The summed E-state index contributed by atoms with van der Waals surface area (Å²) in [6.45, 7) is 12.4. The van der Waals surface area contributed by atoms with E-state index in [4.69, 9.17) is 0 Å². The lowest BCUT2D eigenvalue weighted by atomic mass is 9.98. The predicted octanol–water partition coefficient (Wildman–Crippen LogP) is 2.17. The highest BCUT2D eigenvalue weighted by Gasteiger charge is 2.13. The van der Waals surface area contributed by atoms with Gasteiger partial charge in [-0.3, -0.25) is 4.79 Å². The fraction of sp³-hybridized carbons (Fsp3) is 0.923. The summed E-state index contributed by atoms with van der Waals surface area (Å²) < 4.78 is 0. The van der Waals surface area contributed by atoms with Gasteiger partial charge in [0.2, 0.25) is 5.91 Å². The molecule has 1 amide bonds. The molecular weight excluding hydrogens is 200 g/mol. The van der Waals surface area contributed by atoms with E-state index in [1.54, 1.807) is 0 Å². The highest BCUT2D eigenvalue weighted by atomic mass is 16.2.